The summed E-state index contributed by atoms with van der Waals surface area (Å²) in [6.45, 7) is 3.76. The summed E-state index contributed by atoms with van der Waals surface area (Å²) in [5, 5.41) is 4.85. The lowest BCUT2D eigenvalue weighted by atomic mass is 10.1. The van der Waals surface area contributed by atoms with Crippen LogP contribution in [0.25, 0.3) is 21.0 Å². The molecule has 0 aliphatic carbocycles. The van der Waals surface area contributed by atoms with Crippen LogP contribution in [0, 0.1) is 0 Å². The van der Waals surface area contributed by atoms with E-state index < -0.39 is 0 Å². The highest BCUT2D eigenvalue weighted by Gasteiger charge is 2.18. The molecule has 6 heteroatoms. The van der Waals surface area contributed by atoms with Gasteiger partial charge >= 0.3 is 0 Å². The van der Waals surface area contributed by atoms with Crippen molar-refractivity contribution in [2.45, 2.75) is 0 Å². The molecule has 0 bridgehead atoms. The predicted octanol–water partition coefficient (Wildman–Crippen LogP) is 3.51. The number of fused-ring (bicyclic) bond motifs is 3. The highest BCUT2D eigenvalue weighted by atomic mass is 35.5. The fraction of sp³-hybridized carbons (Fsp3) is 0.0667. The molecule has 1 aromatic carbocycles. The zero-order chi connectivity index (χ0) is 15.0. The van der Waals surface area contributed by atoms with Gasteiger partial charge < -0.3 is 11.1 Å². The van der Waals surface area contributed by atoms with E-state index in [1.165, 1.54) is 11.3 Å². The summed E-state index contributed by atoms with van der Waals surface area (Å²) >= 11 is 7.02. The van der Waals surface area contributed by atoms with Crippen molar-refractivity contribution in [3.8, 4) is 0 Å². The number of nitrogens with one attached hydrogen (secondary N) is 1. The summed E-state index contributed by atoms with van der Waals surface area (Å²) < 4.78 is 0.966. The summed E-state index contributed by atoms with van der Waals surface area (Å²) in [4.78, 5) is 17.0. The van der Waals surface area contributed by atoms with E-state index in [0.717, 1.165) is 21.0 Å². The third kappa shape index (κ3) is 2.46. The molecule has 3 aromatic rings. The van der Waals surface area contributed by atoms with E-state index >= 15 is 0 Å². The van der Waals surface area contributed by atoms with Crippen LogP contribution in [0.4, 0.5) is 5.69 Å². The first-order valence-corrected chi connectivity index (χ1v) is 7.44. The summed E-state index contributed by atoms with van der Waals surface area (Å²) in [5.41, 5.74) is 7.42. The molecule has 4 nitrogen and oxygen atoms in total. The molecule has 0 atom stereocenters. The van der Waals surface area contributed by atoms with Gasteiger partial charge in [0, 0.05) is 26.7 Å². The average Bonchev–Trinajstić information content (AvgIpc) is 2.82. The molecule has 3 rings (SSSR count). The van der Waals surface area contributed by atoms with Crippen LogP contribution in [0.15, 0.2) is 42.1 Å². The number of nitrogens with zero attached hydrogens (tertiary/aromatic N) is 1. The van der Waals surface area contributed by atoms with E-state index in [4.69, 9.17) is 17.3 Å². The predicted molar refractivity (Wildman–Crippen MR) is 88.9 cm³/mol. The molecule has 0 saturated heterocycles. The van der Waals surface area contributed by atoms with Crippen molar-refractivity contribution in [2.24, 2.45) is 0 Å². The molecule has 106 valence electrons. The van der Waals surface area contributed by atoms with E-state index in [2.05, 4.69) is 16.9 Å². The number of nitrogen functional groups attached to an aromatic ring is 1. The Kier molecular flexibility index (Phi) is 3.53. The van der Waals surface area contributed by atoms with Crippen LogP contribution >= 0.6 is 22.9 Å². The molecular formula is C15H12ClN3OS. The molecular weight excluding hydrogens is 306 g/mol. The Balaban J connectivity index is 2.12. The van der Waals surface area contributed by atoms with Crippen LogP contribution < -0.4 is 11.1 Å². The topological polar surface area (TPSA) is 68.0 Å². The van der Waals surface area contributed by atoms with Crippen LogP contribution in [-0.4, -0.2) is 17.4 Å². The molecule has 3 N–H and O–H groups in total. The number of amides is 1. The summed E-state index contributed by atoms with van der Waals surface area (Å²) in [6, 6.07) is 7.78. The fourth-order valence-corrected chi connectivity index (χ4v) is 3.33. The standard InChI is InChI=1S/C15H12ClN3OS/c1-8(16)6-19-15(20)14-12(17)10-7-18-11-5-3-2-4-9(11)13(10)21-14/h2-5,7H,1,6,17H2,(H,19,20). The lowest BCUT2D eigenvalue weighted by molar-refractivity contribution is 0.0962. The highest BCUT2D eigenvalue weighted by molar-refractivity contribution is 7.22. The third-order valence-corrected chi connectivity index (χ3v) is 4.50. The Morgan fingerprint density at radius 1 is 1.38 bits per heavy atom. The first kappa shape index (κ1) is 13.9. The van der Waals surface area contributed by atoms with Gasteiger partial charge in [0.25, 0.3) is 5.91 Å². The molecule has 0 fully saturated rings. The zero-order valence-corrected chi connectivity index (χ0v) is 12.6. The number of aromatic nitrogens is 1. The maximum atomic E-state index is 12.2. The summed E-state index contributed by atoms with van der Waals surface area (Å²) in [5.74, 6) is -0.250. The van der Waals surface area contributed by atoms with Crippen molar-refractivity contribution in [3.63, 3.8) is 0 Å². The third-order valence-electron chi connectivity index (χ3n) is 3.11. The highest BCUT2D eigenvalue weighted by Crippen LogP contribution is 2.37. The normalized spacial score (nSPS) is 10.9. The second-order valence-corrected chi connectivity index (χ2v) is 6.12. The average molecular weight is 318 g/mol. The van der Waals surface area contributed by atoms with Crippen molar-refractivity contribution in [2.75, 3.05) is 12.3 Å². The van der Waals surface area contributed by atoms with Crippen LogP contribution in [-0.2, 0) is 0 Å². The first-order valence-electron chi connectivity index (χ1n) is 6.25. The lowest BCUT2D eigenvalue weighted by Gasteiger charge is -2.02. The smallest absolute Gasteiger partial charge is 0.263 e. The largest absolute Gasteiger partial charge is 0.397 e. The number of rotatable bonds is 3. The molecule has 0 radical (unpaired) electrons. The number of nitrogens with two attached hydrogens (primary N) is 1. The molecule has 0 aliphatic heterocycles. The Morgan fingerprint density at radius 3 is 2.90 bits per heavy atom. The van der Waals surface area contributed by atoms with Crippen molar-refractivity contribution >= 4 is 55.5 Å². The van der Waals surface area contributed by atoms with E-state index in [1.54, 1.807) is 6.20 Å². The Morgan fingerprint density at radius 2 is 2.14 bits per heavy atom. The second kappa shape index (κ2) is 5.35. The molecule has 2 heterocycles. The number of para-hydroxylation sites is 1. The molecule has 0 spiro atoms. The Hall–Kier alpha value is -2.11. The number of halogens is 1. The van der Waals surface area contributed by atoms with Crippen molar-refractivity contribution in [1.82, 2.24) is 10.3 Å². The summed E-state index contributed by atoms with van der Waals surface area (Å²) in [7, 11) is 0. The maximum Gasteiger partial charge on any atom is 0.263 e. The van der Waals surface area contributed by atoms with E-state index in [0.29, 0.717) is 15.6 Å². The minimum atomic E-state index is -0.250. The van der Waals surface area contributed by atoms with Gasteiger partial charge in [0.15, 0.2) is 0 Å². The molecule has 0 unspecified atom stereocenters. The van der Waals surface area contributed by atoms with Crippen LogP contribution in [0.1, 0.15) is 9.67 Å². The van der Waals surface area contributed by atoms with Gasteiger partial charge in [0.1, 0.15) is 4.88 Å². The van der Waals surface area contributed by atoms with Gasteiger partial charge in [-0.05, 0) is 6.07 Å². The fourth-order valence-electron chi connectivity index (χ4n) is 2.12. The number of pyridine rings is 1. The van der Waals surface area contributed by atoms with Gasteiger partial charge in [-0.2, -0.15) is 0 Å². The maximum absolute atomic E-state index is 12.2. The van der Waals surface area contributed by atoms with Gasteiger partial charge in [0.2, 0.25) is 0 Å². The zero-order valence-electron chi connectivity index (χ0n) is 11.0. The van der Waals surface area contributed by atoms with Gasteiger partial charge in [-0.1, -0.05) is 36.4 Å². The van der Waals surface area contributed by atoms with Gasteiger partial charge in [-0.25, -0.2) is 0 Å². The SMILES string of the molecule is C=C(Cl)CNC(=O)c1sc2c(cnc3ccccc32)c1N. The molecule has 0 aliphatic rings. The van der Waals surface area contributed by atoms with Gasteiger partial charge in [-0.15, -0.1) is 11.3 Å². The number of benzene rings is 1. The van der Waals surface area contributed by atoms with Crippen LogP contribution in [0.2, 0.25) is 0 Å². The molecule has 1 amide bonds. The minimum absolute atomic E-state index is 0.215. The number of carbonyl (C=O) groups is 1. The molecule has 2 aromatic heterocycles. The monoisotopic (exact) mass is 317 g/mol. The van der Waals surface area contributed by atoms with Crippen LogP contribution in [0.3, 0.4) is 0 Å². The van der Waals surface area contributed by atoms with E-state index in [-0.39, 0.29) is 12.5 Å². The Labute approximate surface area is 130 Å². The van der Waals surface area contributed by atoms with Crippen molar-refractivity contribution < 1.29 is 4.79 Å². The number of anilines is 1. The quantitative estimate of drug-likeness (QED) is 0.776. The Bertz CT molecular complexity index is 872. The second-order valence-electron chi connectivity index (χ2n) is 4.56. The number of thiophene rings is 1. The van der Waals surface area contributed by atoms with E-state index in [9.17, 15) is 4.79 Å². The minimum Gasteiger partial charge on any atom is -0.397 e. The first-order chi connectivity index (χ1) is 10.1. The summed E-state index contributed by atoms with van der Waals surface area (Å²) in [6.07, 6.45) is 1.71. The molecule has 0 saturated carbocycles. The van der Waals surface area contributed by atoms with Crippen LogP contribution in [0.5, 0.6) is 0 Å². The van der Waals surface area contributed by atoms with E-state index in [1.807, 2.05) is 24.3 Å². The van der Waals surface area contributed by atoms with Gasteiger partial charge in [-0.3, -0.25) is 9.78 Å². The number of carbonyl (C=O) groups excluding carboxylic acids is 1. The molecule has 21 heavy (non-hydrogen) atoms. The van der Waals surface area contributed by atoms with Crippen molar-refractivity contribution in [1.29, 1.82) is 0 Å². The number of hydrogen-bond donors (Lipinski definition) is 2. The lowest BCUT2D eigenvalue weighted by Crippen LogP contribution is -2.24. The van der Waals surface area contributed by atoms with Gasteiger partial charge in [0.05, 0.1) is 17.7 Å². The van der Waals surface area contributed by atoms with Crippen molar-refractivity contribution in [3.05, 3.63) is 47.0 Å². The number of hydrogen-bond acceptors (Lipinski definition) is 4.